The molecule has 0 bridgehead atoms. The fourth-order valence-corrected chi connectivity index (χ4v) is 3.27. The fraction of sp³-hybridized carbons (Fsp3) is 0.273. The number of hydrogen-bond acceptors (Lipinski definition) is 2. The molecule has 0 spiro atoms. The Morgan fingerprint density at radius 1 is 1.00 bits per heavy atom. The summed E-state index contributed by atoms with van der Waals surface area (Å²) in [6.45, 7) is 6.03. The highest BCUT2D eigenvalue weighted by atomic mass is 35.5. The van der Waals surface area contributed by atoms with Gasteiger partial charge in [0, 0.05) is 15.1 Å². The molecule has 7 heteroatoms. The molecule has 0 aromatic heterocycles. The molecule has 154 valence electrons. The maximum absolute atomic E-state index is 13.0. The van der Waals surface area contributed by atoms with Crippen molar-refractivity contribution in [2.75, 3.05) is 0 Å². The second-order valence-electron chi connectivity index (χ2n) is 7.65. The smallest absolute Gasteiger partial charge is 0.247 e. The minimum Gasteiger partial charge on any atom is -0.347 e. The Balaban J connectivity index is 2.25. The molecule has 0 unspecified atom stereocenters. The average Bonchev–Trinajstić information content (AvgIpc) is 2.64. The molecule has 2 N–H and O–H groups in total. The van der Waals surface area contributed by atoms with Gasteiger partial charge in [0.1, 0.15) is 6.04 Å². The largest absolute Gasteiger partial charge is 0.347 e. The molecule has 0 saturated carbocycles. The van der Waals surface area contributed by atoms with Gasteiger partial charge >= 0.3 is 0 Å². The monoisotopic (exact) mass is 452 g/mol. The summed E-state index contributed by atoms with van der Waals surface area (Å²) in [5.74, 6) is -0.328. The van der Waals surface area contributed by atoms with Crippen molar-refractivity contribution in [1.29, 1.82) is 0 Å². The van der Waals surface area contributed by atoms with E-state index in [0.29, 0.717) is 27.0 Å². The maximum atomic E-state index is 13.0. The van der Waals surface area contributed by atoms with Gasteiger partial charge in [-0.25, -0.2) is 0 Å². The van der Waals surface area contributed by atoms with Gasteiger partial charge in [-0.1, -0.05) is 85.9 Å². The summed E-state index contributed by atoms with van der Waals surface area (Å²) >= 11 is 18.1. The number of nitrogens with one attached hydrogen (secondary N) is 2. The van der Waals surface area contributed by atoms with E-state index >= 15 is 0 Å². The van der Waals surface area contributed by atoms with E-state index in [1.165, 1.54) is 0 Å². The minimum atomic E-state index is -0.831. The summed E-state index contributed by atoms with van der Waals surface area (Å²) in [5.41, 5.74) is 1.15. The fourth-order valence-electron chi connectivity index (χ4n) is 2.67. The standard InChI is InChI=1S/C22H23Cl3N2O2/c1-22(2,3)19(11-7-14-4-10-17(24)12-18(14)25)27-21(29)20(26-13-28)15-5-8-16(23)9-6-15/h4-13,19-20H,1-3H3,(H,26,28)(H,27,29)/b11-7+/t19-,20+/m1/s1. The third-order valence-electron chi connectivity index (χ3n) is 4.36. The summed E-state index contributed by atoms with van der Waals surface area (Å²) in [6, 6.07) is 10.8. The van der Waals surface area contributed by atoms with E-state index in [2.05, 4.69) is 10.6 Å². The van der Waals surface area contributed by atoms with Crippen LogP contribution in [0.5, 0.6) is 0 Å². The molecule has 0 aliphatic heterocycles. The molecule has 2 aromatic carbocycles. The van der Waals surface area contributed by atoms with Gasteiger partial charge in [0.25, 0.3) is 0 Å². The zero-order chi connectivity index (χ0) is 21.6. The van der Waals surface area contributed by atoms with E-state index in [1.54, 1.807) is 36.4 Å². The lowest BCUT2D eigenvalue weighted by atomic mass is 9.86. The summed E-state index contributed by atoms with van der Waals surface area (Å²) in [6.07, 6.45) is 4.24. The summed E-state index contributed by atoms with van der Waals surface area (Å²) in [5, 5.41) is 7.20. The van der Waals surface area contributed by atoms with Gasteiger partial charge < -0.3 is 10.6 Å². The van der Waals surface area contributed by atoms with Crippen molar-refractivity contribution in [2.45, 2.75) is 32.9 Å². The second-order valence-corrected chi connectivity index (χ2v) is 8.93. The number of rotatable bonds is 7. The Labute approximate surface area is 186 Å². The summed E-state index contributed by atoms with van der Waals surface area (Å²) in [7, 11) is 0. The van der Waals surface area contributed by atoms with Crippen molar-refractivity contribution >= 4 is 53.2 Å². The van der Waals surface area contributed by atoms with E-state index in [9.17, 15) is 9.59 Å². The molecule has 0 radical (unpaired) electrons. The van der Waals surface area contributed by atoms with Crippen LogP contribution in [0.3, 0.4) is 0 Å². The lowest BCUT2D eigenvalue weighted by Gasteiger charge is -2.30. The molecule has 2 aromatic rings. The number of carbonyl (C=O) groups is 2. The topological polar surface area (TPSA) is 58.2 Å². The van der Waals surface area contributed by atoms with Gasteiger partial charge in [0.2, 0.25) is 12.3 Å². The maximum Gasteiger partial charge on any atom is 0.247 e. The molecule has 0 heterocycles. The van der Waals surface area contributed by atoms with Crippen molar-refractivity contribution in [3.8, 4) is 0 Å². The van der Waals surface area contributed by atoms with Crippen LogP contribution in [0, 0.1) is 5.41 Å². The highest BCUT2D eigenvalue weighted by Gasteiger charge is 2.28. The van der Waals surface area contributed by atoms with Gasteiger partial charge in [-0.3, -0.25) is 9.59 Å². The first-order valence-electron chi connectivity index (χ1n) is 9.00. The van der Waals surface area contributed by atoms with Gasteiger partial charge in [0.15, 0.2) is 0 Å². The zero-order valence-corrected chi connectivity index (χ0v) is 18.6. The first-order valence-corrected chi connectivity index (χ1v) is 10.1. The summed E-state index contributed by atoms with van der Waals surface area (Å²) < 4.78 is 0. The van der Waals surface area contributed by atoms with Gasteiger partial charge in [-0.2, -0.15) is 0 Å². The Bertz CT molecular complexity index is 890. The molecule has 0 fully saturated rings. The molecule has 2 atom stereocenters. The van der Waals surface area contributed by atoms with Gasteiger partial charge in [-0.15, -0.1) is 0 Å². The van der Waals surface area contributed by atoms with Crippen LogP contribution in [0.1, 0.15) is 37.9 Å². The molecule has 0 aliphatic rings. The predicted octanol–water partition coefficient (Wildman–Crippen LogP) is 5.68. The Morgan fingerprint density at radius 3 is 2.17 bits per heavy atom. The van der Waals surface area contributed by atoms with Crippen LogP contribution >= 0.6 is 34.8 Å². The molecule has 0 aliphatic carbocycles. The average molecular weight is 454 g/mol. The second kappa shape index (κ2) is 10.1. The third kappa shape index (κ3) is 6.77. The molecule has 29 heavy (non-hydrogen) atoms. The highest BCUT2D eigenvalue weighted by Crippen LogP contribution is 2.26. The number of amides is 2. The van der Waals surface area contributed by atoms with Crippen LogP contribution < -0.4 is 10.6 Å². The van der Waals surface area contributed by atoms with Gasteiger partial charge in [0.05, 0.1) is 6.04 Å². The normalized spacial score (nSPS) is 13.7. The first-order chi connectivity index (χ1) is 13.6. The van der Waals surface area contributed by atoms with Crippen LogP contribution in [0.2, 0.25) is 15.1 Å². The summed E-state index contributed by atoms with van der Waals surface area (Å²) in [4.78, 5) is 24.0. The van der Waals surface area contributed by atoms with Crippen LogP contribution in [0.25, 0.3) is 6.08 Å². The van der Waals surface area contributed by atoms with Crippen LogP contribution in [0.15, 0.2) is 48.5 Å². The molecule has 2 rings (SSSR count). The molecule has 0 saturated heterocycles. The zero-order valence-electron chi connectivity index (χ0n) is 16.4. The quantitative estimate of drug-likeness (QED) is 0.530. The van der Waals surface area contributed by atoms with Crippen LogP contribution in [-0.4, -0.2) is 18.4 Å². The van der Waals surface area contributed by atoms with E-state index in [4.69, 9.17) is 34.8 Å². The van der Waals surface area contributed by atoms with E-state index in [0.717, 1.165) is 5.56 Å². The van der Waals surface area contributed by atoms with Crippen molar-refractivity contribution < 1.29 is 9.59 Å². The van der Waals surface area contributed by atoms with Crippen molar-refractivity contribution in [3.63, 3.8) is 0 Å². The Morgan fingerprint density at radius 2 is 1.62 bits per heavy atom. The van der Waals surface area contributed by atoms with E-state index in [1.807, 2.05) is 39.0 Å². The predicted molar refractivity (Wildman–Crippen MR) is 120 cm³/mol. The molecular formula is C22H23Cl3N2O2. The first kappa shape index (κ1) is 23.3. The van der Waals surface area contributed by atoms with Crippen LogP contribution in [-0.2, 0) is 9.59 Å². The number of hydrogen-bond donors (Lipinski definition) is 2. The van der Waals surface area contributed by atoms with Crippen LogP contribution in [0.4, 0.5) is 0 Å². The van der Waals surface area contributed by atoms with Crippen molar-refractivity contribution in [3.05, 3.63) is 74.7 Å². The number of benzene rings is 2. The van der Waals surface area contributed by atoms with E-state index in [-0.39, 0.29) is 17.4 Å². The lowest BCUT2D eigenvalue weighted by molar-refractivity contribution is -0.126. The van der Waals surface area contributed by atoms with Gasteiger partial charge in [-0.05, 0) is 40.8 Å². The molecule has 2 amide bonds. The number of carbonyl (C=O) groups excluding carboxylic acids is 2. The molecule has 4 nitrogen and oxygen atoms in total. The number of halogens is 3. The SMILES string of the molecule is CC(C)(C)[C@@H](/C=C/c1ccc(Cl)cc1Cl)NC(=O)[C@@H](NC=O)c1ccc(Cl)cc1. The minimum absolute atomic E-state index is 0.281. The Hall–Kier alpha value is -2.01. The third-order valence-corrected chi connectivity index (χ3v) is 5.18. The Kier molecular flexibility index (Phi) is 8.14. The van der Waals surface area contributed by atoms with Crippen molar-refractivity contribution in [2.24, 2.45) is 5.41 Å². The lowest BCUT2D eigenvalue weighted by Crippen LogP contribution is -2.47. The molecular weight excluding hydrogens is 431 g/mol. The van der Waals surface area contributed by atoms with Crippen molar-refractivity contribution in [1.82, 2.24) is 10.6 Å². The van der Waals surface area contributed by atoms with E-state index < -0.39 is 6.04 Å². The highest BCUT2D eigenvalue weighted by molar-refractivity contribution is 6.35.